The fourth-order valence-corrected chi connectivity index (χ4v) is 2.66. The number of ether oxygens (including phenoxy) is 1. The van der Waals surface area contributed by atoms with Crippen molar-refractivity contribution in [2.24, 2.45) is 5.92 Å². The van der Waals surface area contributed by atoms with Crippen LogP contribution in [-0.2, 0) is 14.3 Å². The van der Waals surface area contributed by atoms with Crippen LogP contribution in [-0.4, -0.2) is 29.9 Å². The van der Waals surface area contributed by atoms with Crippen LogP contribution in [0, 0.1) is 11.7 Å². The molecule has 0 fully saturated rings. The summed E-state index contributed by atoms with van der Waals surface area (Å²) in [7, 11) is 0. The van der Waals surface area contributed by atoms with E-state index in [0.29, 0.717) is 12.2 Å². The third-order valence-electron chi connectivity index (χ3n) is 3.74. The van der Waals surface area contributed by atoms with Gasteiger partial charge in [-0.25, -0.2) is 9.18 Å². The molecule has 0 radical (unpaired) electrons. The molecule has 4 nitrogen and oxygen atoms in total. The third kappa shape index (κ3) is 3.55. The molecule has 1 aliphatic rings. The van der Waals surface area contributed by atoms with Crippen LogP contribution in [0.5, 0.6) is 0 Å². The lowest BCUT2D eigenvalue weighted by atomic mass is 10.0. The van der Waals surface area contributed by atoms with Crippen molar-refractivity contribution in [3.63, 3.8) is 0 Å². The number of hydrogen-bond donors (Lipinski definition) is 0. The highest BCUT2D eigenvalue weighted by molar-refractivity contribution is 6.16. The van der Waals surface area contributed by atoms with Crippen LogP contribution < -0.4 is 0 Å². The maximum Gasteiger partial charge on any atom is 0.340 e. The molecule has 0 spiro atoms. The van der Waals surface area contributed by atoms with Gasteiger partial charge in [0.05, 0.1) is 17.8 Å². The Balaban J connectivity index is 2.53. The zero-order valence-corrected chi connectivity index (χ0v) is 14.4. The fraction of sp³-hybridized carbons (Fsp3) is 0.368. The number of carbonyl (C=O) groups excluding carboxylic acids is 2. The molecule has 2 rings (SSSR count). The van der Waals surface area contributed by atoms with Crippen molar-refractivity contribution in [1.82, 2.24) is 4.90 Å². The Morgan fingerprint density at radius 1 is 1.33 bits per heavy atom. The average molecular weight is 331 g/mol. The molecule has 0 aliphatic carbocycles. The first-order valence-corrected chi connectivity index (χ1v) is 8.03. The Morgan fingerprint density at radius 2 is 2.00 bits per heavy atom. The molecule has 5 heteroatoms. The molecule has 0 saturated heterocycles. The van der Waals surface area contributed by atoms with Crippen molar-refractivity contribution in [3.8, 4) is 0 Å². The van der Waals surface area contributed by atoms with Gasteiger partial charge in [-0.05, 0) is 31.9 Å². The highest BCUT2D eigenvalue weighted by atomic mass is 19.1. The summed E-state index contributed by atoms with van der Waals surface area (Å²) in [6, 6.07) is 6.14. The predicted molar refractivity (Wildman–Crippen MR) is 90.3 cm³/mol. The van der Waals surface area contributed by atoms with Gasteiger partial charge in [-0.1, -0.05) is 32.0 Å². The average Bonchev–Trinajstić information content (AvgIpc) is 2.74. The van der Waals surface area contributed by atoms with Gasteiger partial charge in [-0.15, -0.1) is 0 Å². The van der Waals surface area contributed by atoms with Gasteiger partial charge < -0.3 is 9.64 Å². The molecule has 24 heavy (non-hydrogen) atoms. The number of amides is 1. The van der Waals surface area contributed by atoms with E-state index in [0.717, 1.165) is 0 Å². The SMILES string of the molecule is CCOC(=O)C1=C(C)N(CC(C)C)C(=O)C1=Cc1ccccc1F. The van der Waals surface area contributed by atoms with Crippen LogP contribution in [0.1, 0.15) is 33.3 Å². The second-order valence-electron chi connectivity index (χ2n) is 6.07. The lowest BCUT2D eigenvalue weighted by Crippen LogP contribution is -2.28. The van der Waals surface area contributed by atoms with E-state index in [4.69, 9.17) is 4.74 Å². The van der Waals surface area contributed by atoms with Crippen molar-refractivity contribution in [2.45, 2.75) is 27.7 Å². The van der Waals surface area contributed by atoms with Gasteiger partial charge in [0.2, 0.25) is 0 Å². The van der Waals surface area contributed by atoms with Crippen LogP contribution in [0.3, 0.4) is 0 Å². The molecule has 0 saturated carbocycles. The summed E-state index contributed by atoms with van der Waals surface area (Å²) >= 11 is 0. The van der Waals surface area contributed by atoms with E-state index in [1.807, 2.05) is 13.8 Å². The summed E-state index contributed by atoms with van der Waals surface area (Å²) in [5, 5.41) is 0. The molecular formula is C19H22FNO3. The van der Waals surface area contributed by atoms with E-state index < -0.39 is 11.8 Å². The maximum absolute atomic E-state index is 13.9. The summed E-state index contributed by atoms with van der Waals surface area (Å²) < 4.78 is 19.0. The van der Waals surface area contributed by atoms with Crippen LogP contribution in [0.2, 0.25) is 0 Å². The van der Waals surface area contributed by atoms with Crippen LogP contribution in [0.25, 0.3) is 6.08 Å². The molecule has 1 heterocycles. The van der Waals surface area contributed by atoms with E-state index in [-0.39, 0.29) is 35.1 Å². The summed E-state index contributed by atoms with van der Waals surface area (Å²) in [6.45, 7) is 8.10. The van der Waals surface area contributed by atoms with E-state index in [1.54, 1.807) is 36.9 Å². The summed E-state index contributed by atoms with van der Waals surface area (Å²) in [6.07, 6.45) is 1.42. The van der Waals surface area contributed by atoms with Gasteiger partial charge >= 0.3 is 5.97 Å². The highest BCUT2D eigenvalue weighted by Crippen LogP contribution is 2.32. The van der Waals surface area contributed by atoms with Gasteiger partial charge in [0.25, 0.3) is 5.91 Å². The summed E-state index contributed by atoms with van der Waals surface area (Å²) in [4.78, 5) is 26.7. The van der Waals surface area contributed by atoms with Gasteiger partial charge in [0.1, 0.15) is 5.82 Å². The highest BCUT2D eigenvalue weighted by Gasteiger charge is 2.37. The Morgan fingerprint density at radius 3 is 2.58 bits per heavy atom. The molecule has 128 valence electrons. The van der Waals surface area contributed by atoms with Crippen molar-refractivity contribution in [1.29, 1.82) is 0 Å². The van der Waals surface area contributed by atoms with Gasteiger partial charge in [0.15, 0.2) is 0 Å². The third-order valence-corrected chi connectivity index (χ3v) is 3.74. The molecule has 0 bridgehead atoms. The number of hydrogen-bond acceptors (Lipinski definition) is 3. The Labute approximate surface area is 141 Å². The number of esters is 1. The number of allylic oxidation sites excluding steroid dienone is 1. The number of carbonyl (C=O) groups is 2. The molecule has 0 N–H and O–H groups in total. The predicted octanol–water partition coefficient (Wildman–Crippen LogP) is 3.54. The topological polar surface area (TPSA) is 46.6 Å². The molecule has 1 aliphatic heterocycles. The monoisotopic (exact) mass is 331 g/mol. The van der Waals surface area contributed by atoms with E-state index in [9.17, 15) is 14.0 Å². The fourth-order valence-electron chi connectivity index (χ4n) is 2.66. The minimum Gasteiger partial charge on any atom is -0.462 e. The first-order valence-electron chi connectivity index (χ1n) is 8.03. The first kappa shape index (κ1) is 17.9. The smallest absolute Gasteiger partial charge is 0.340 e. The van der Waals surface area contributed by atoms with E-state index in [1.165, 1.54) is 12.1 Å². The largest absolute Gasteiger partial charge is 0.462 e. The van der Waals surface area contributed by atoms with Crippen molar-refractivity contribution in [3.05, 3.63) is 52.5 Å². The number of rotatable bonds is 5. The van der Waals surface area contributed by atoms with Gasteiger partial charge in [-0.2, -0.15) is 0 Å². The molecule has 1 aromatic carbocycles. The van der Waals surface area contributed by atoms with Crippen LogP contribution in [0.15, 0.2) is 41.1 Å². The minimum atomic E-state index is -0.558. The normalized spacial score (nSPS) is 16.5. The van der Waals surface area contributed by atoms with Gasteiger partial charge in [0, 0.05) is 17.8 Å². The quantitative estimate of drug-likeness (QED) is 0.612. The molecule has 1 aromatic rings. The maximum atomic E-state index is 13.9. The lowest BCUT2D eigenvalue weighted by molar-refractivity contribution is -0.138. The standard InChI is InChI=1S/C19H22FNO3/c1-5-24-19(23)17-13(4)21(11-12(2)3)18(22)15(17)10-14-8-6-7-9-16(14)20/h6-10,12H,5,11H2,1-4H3. The zero-order chi connectivity index (χ0) is 17.9. The van der Waals surface area contributed by atoms with Gasteiger partial charge in [-0.3, -0.25) is 4.79 Å². The number of nitrogens with zero attached hydrogens (tertiary/aromatic N) is 1. The van der Waals surface area contributed by atoms with Crippen LogP contribution in [0.4, 0.5) is 4.39 Å². The molecular weight excluding hydrogens is 309 g/mol. The Kier molecular flexibility index (Phi) is 5.54. The summed E-state index contributed by atoms with van der Waals surface area (Å²) in [5.41, 5.74) is 1.21. The molecule has 1 amide bonds. The summed E-state index contributed by atoms with van der Waals surface area (Å²) in [5.74, 6) is -1.06. The Bertz CT molecular complexity index is 719. The van der Waals surface area contributed by atoms with Crippen molar-refractivity contribution >= 4 is 18.0 Å². The Hall–Kier alpha value is -2.43. The van der Waals surface area contributed by atoms with E-state index in [2.05, 4.69) is 0 Å². The second kappa shape index (κ2) is 7.43. The lowest BCUT2D eigenvalue weighted by Gasteiger charge is -2.19. The van der Waals surface area contributed by atoms with Crippen molar-refractivity contribution < 1.29 is 18.7 Å². The molecule has 0 aromatic heterocycles. The zero-order valence-electron chi connectivity index (χ0n) is 14.4. The van der Waals surface area contributed by atoms with Crippen LogP contribution >= 0.6 is 0 Å². The first-order chi connectivity index (χ1) is 11.4. The second-order valence-corrected chi connectivity index (χ2v) is 6.07. The van der Waals surface area contributed by atoms with E-state index >= 15 is 0 Å². The molecule has 0 unspecified atom stereocenters. The number of benzene rings is 1. The van der Waals surface area contributed by atoms with Crippen molar-refractivity contribution in [2.75, 3.05) is 13.2 Å². The number of halogens is 1. The molecule has 0 atom stereocenters. The minimum absolute atomic E-state index is 0.178.